The molecule has 3 aromatic rings. The third-order valence-electron chi connectivity index (χ3n) is 4.54. The number of carbonyl (C=O) groups excluding carboxylic acids is 2. The summed E-state index contributed by atoms with van der Waals surface area (Å²) >= 11 is 0. The summed E-state index contributed by atoms with van der Waals surface area (Å²) in [6, 6.07) is 13.6. The number of aromatic nitrogens is 2. The fourth-order valence-corrected chi connectivity index (χ4v) is 3.08. The number of amides is 1. The van der Waals surface area contributed by atoms with Gasteiger partial charge in [-0.25, -0.2) is 4.68 Å². The van der Waals surface area contributed by atoms with E-state index in [4.69, 9.17) is 4.74 Å². The molecule has 0 saturated heterocycles. The Morgan fingerprint density at radius 3 is 2.45 bits per heavy atom. The number of ether oxygens (including phenoxy) is 1. The number of hydrogen-bond donors (Lipinski definition) is 1. The van der Waals surface area contributed by atoms with Crippen LogP contribution >= 0.6 is 0 Å². The molecule has 0 bridgehead atoms. The van der Waals surface area contributed by atoms with Gasteiger partial charge in [-0.15, -0.1) is 0 Å². The second-order valence-corrected chi connectivity index (χ2v) is 6.75. The van der Waals surface area contributed by atoms with Crippen LogP contribution in [0.4, 0.5) is 13.2 Å². The van der Waals surface area contributed by atoms with Gasteiger partial charge in [0, 0.05) is 0 Å². The van der Waals surface area contributed by atoms with Gasteiger partial charge in [-0.3, -0.25) is 9.59 Å². The molecule has 2 aromatic carbocycles. The Labute approximate surface area is 176 Å². The van der Waals surface area contributed by atoms with Crippen molar-refractivity contribution in [1.29, 1.82) is 0 Å². The molecule has 0 unspecified atom stereocenters. The fourth-order valence-electron chi connectivity index (χ4n) is 3.08. The zero-order chi connectivity index (χ0) is 22.6. The van der Waals surface area contributed by atoms with E-state index in [-0.39, 0.29) is 35.8 Å². The number of Topliss-reactive ketones (excluding diaryl/α,β-unsaturated/α-hetero) is 1. The molecule has 6 nitrogen and oxygen atoms in total. The van der Waals surface area contributed by atoms with Crippen LogP contribution in [0.3, 0.4) is 0 Å². The van der Waals surface area contributed by atoms with Crippen LogP contribution in [0.2, 0.25) is 0 Å². The summed E-state index contributed by atoms with van der Waals surface area (Å²) < 4.78 is 45.7. The van der Waals surface area contributed by atoms with E-state index in [0.29, 0.717) is 5.75 Å². The van der Waals surface area contributed by atoms with Gasteiger partial charge in [0.2, 0.25) is 0 Å². The summed E-state index contributed by atoms with van der Waals surface area (Å²) in [5.41, 5.74) is -0.111. The van der Waals surface area contributed by atoms with E-state index in [0.717, 1.165) is 12.1 Å². The standard InChI is InChI=1S/C22H20F3N3O3/c1-14-19(20(29)21(30)26-11-12-31-18-9-4-3-5-10-18)15(2)28(27-14)17-8-6-7-16(13-17)22(23,24)25/h3-10,13H,11-12H2,1-2H3,(H,26,30). The second-order valence-electron chi connectivity index (χ2n) is 6.75. The number of benzene rings is 2. The number of halogens is 3. The number of alkyl halides is 3. The summed E-state index contributed by atoms with van der Waals surface area (Å²) in [5, 5.41) is 6.65. The molecule has 0 spiro atoms. The van der Waals surface area contributed by atoms with Gasteiger partial charge < -0.3 is 10.1 Å². The van der Waals surface area contributed by atoms with Crippen molar-refractivity contribution in [2.75, 3.05) is 13.2 Å². The van der Waals surface area contributed by atoms with E-state index in [9.17, 15) is 22.8 Å². The number of para-hydroxylation sites is 1. The maximum absolute atomic E-state index is 13.0. The highest BCUT2D eigenvalue weighted by Gasteiger charge is 2.31. The van der Waals surface area contributed by atoms with E-state index < -0.39 is 23.4 Å². The summed E-state index contributed by atoms with van der Waals surface area (Å²) in [4.78, 5) is 24.9. The van der Waals surface area contributed by atoms with Crippen molar-refractivity contribution in [2.24, 2.45) is 0 Å². The Morgan fingerprint density at radius 1 is 1.06 bits per heavy atom. The van der Waals surface area contributed by atoms with Crippen LogP contribution < -0.4 is 10.1 Å². The van der Waals surface area contributed by atoms with E-state index >= 15 is 0 Å². The molecule has 1 amide bonds. The molecule has 0 aliphatic carbocycles. The first-order chi connectivity index (χ1) is 14.7. The minimum atomic E-state index is -4.51. The Bertz CT molecular complexity index is 1090. The third-order valence-corrected chi connectivity index (χ3v) is 4.54. The first-order valence-corrected chi connectivity index (χ1v) is 9.42. The number of nitrogens with zero attached hydrogens (tertiary/aromatic N) is 2. The van der Waals surface area contributed by atoms with Gasteiger partial charge in [0.25, 0.3) is 11.7 Å². The number of carbonyl (C=O) groups is 2. The van der Waals surface area contributed by atoms with Crippen LogP contribution in [0.5, 0.6) is 5.75 Å². The highest BCUT2D eigenvalue weighted by molar-refractivity contribution is 6.43. The lowest BCUT2D eigenvalue weighted by Gasteiger charge is -2.10. The molecular weight excluding hydrogens is 411 g/mol. The lowest BCUT2D eigenvalue weighted by molar-refractivity contribution is -0.137. The van der Waals surface area contributed by atoms with Gasteiger partial charge in [-0.2, -0.15) is 18.3 Å². The molecule has 0 atom stereocenters. The maximum atomic E-state index is 13.0. The van der Waals surface area contributed by atoms with Gasteiger partial charge in [0.05, 0.1) is 34.7 Å². The zero-order valence-corrected chi connectivity index (χ0v) is 16.9. The largest absolute Gasteiger partial charge is 0.492 e. The van der Waals surface area contributed by atoms with Crippen LogP contribution in [0, 0.1) is 13.8 Å². The van der Waals surface area contributed by atoms with Gasteiger partial charge in [-0.05, 0) is 44.2 Å². The topological polar surface area (TPSA) is 73.2 Å². The summed E-state index contributed by atoms with van der Waals surface area (Å²) in [5.74, 6) is -1.02. The Morgan fingerprint density at radius 2 is 1.77 bits per heavy atom. The first-order valence-electron chi connectivity index (χ1n) is 9.42. The Kier molecular flexibility index (Phi) is 6.43. The lowest BCUT2D eigenvalue weighted by Crippen LogP contribution is -2.34. The van der Waals surface area contributed by atoms with Crippen molar-refractivity contribution >= 4 is 11.7 Å². The SMILES string of the molecule is Cc1nn(-c2cccc(C(F)(F)F)c2)c(C)c1C(=O)C(=O)NCCOc1ccccc1. The normalized spacial score (nSPS) is 11.3. The van der Waals surface area contributed by atoms with Gasteiger partial charge in [0.1, 0.15) is 12.4 Å². The monoisotopic (exact) mass is 431 g/mol. The number of nitrogens with one attached hydrogen (secondary N) is 1. The number of hydrogen-bond acceptors (Lipinski definition) is 4. The average molecular weight is 431 g/mol. The van der Waals surface area contributed by atoms with Gasteiger partial charge >= 0.3 is 6.18 Å². The van der Waals surface area contributed by atoms with Crippen LogP contribution in [0.15, 0.2) is 54.6 Å². The molecule has 0 aliphatic rings. The summed E-state index contributed by atoms with van der Waals surface area (Å²) in [6.45, 7) is 3.33. The molecule has 162 valence electrons. The van der Waals surface area contributed by atoms with E-state index in [1.165, 1.54) is 30.7 Å². The minimum absolute atomic E-state index is 0.0545. The fraction of sp³-hybridized carbons (Fsp3) is 0.227. The molecule has 3 rings (SSSR count). The number of aryl methyl sites for hydroxylation is 1. The van der Waals surface area contributed by atoms with Crippen molar-refractivity contribution < 1.29 is 27.5 Å². The Hall–Kier alpha value is -3.62. The van der Waals surface area contributed by atoms with Gasteiger partial charge in [0.15, 0.2) is 0 Å². The van der Waals surface area contributed by atoms with E-state index in [1.807, 2.05) is 18.2 Å². The predicted octanol–water partition coefficient (Wildman–Crippen LogP) is 3.89. The highest BCUT2D eigenvalue weighted by atomic mass is 19.4. The molecule has 0 fully saturated rings. The average Bonchev–Trinajstić information content (AvgIpc) is 3.04. The van der Waals surface area contributed by atoms with Crippen molar-refractivity contribution in [2.45, 2.75) is 20.0 Å². The molecule has 0 radical (unpaired) electrons. The van der Waals surface area contributed by atoms with E-state index in [2.05, 4.69) is 10.4 Å². The number of ketones is 1. The summed E-state index contributed by atoms with van der Waals surface area (Å²) in [6.07, 6.45) is -4.51. The van der Waals surface area contributed by atoms with Crippen LogP contribution in [0.25, 0.3) is 5.69 Å². The van der Waals surface area contributed by atoms with Crippen LogP contribution in [-0.4, -0.2) is 34.6 Å². The minimum Gasteiger partial charge on any atom is -0.492 e. The van der Waals surface area contributed by atoms with Gasteiger partial charge in [-0.1, -0.05) is 24.3 Å². The quantitative estimate of drug-likeness (QED) is 0.350. The number of rotatable bonds is 7. The molecule has 1 aromatic heterocycles. The molecule has 1 heterocycles. The van der Waals surface area contributed by atoms with Crippen molar-refractivity contribution in [3.05, 3.63) is 77.1 Å². The van der Waals surface area contributed by atoms with Crippen molar-refractivity contribution in [3.63, 3.8) is 0 Å². The maximum Gasteiger partial charge on any atom is 0.416 e. The second kappa shape index (κ2) is 9.03. The zero-order valence-electron chi connectivity index (χ0n) is 16.9. The lowest BCUT2D eigenvalue weighted by atomic mass is 10.1. The smallest absolute Gasteiger partial charge is 0.416 e. The first kappa shape index (κ1) is 22.1. The van der Waals surface area contributed by atoms with Crippen LogP contribution in [0.1, 0.15) is 27.3 Å². The third kappa shape index (κ3) is 5.11. The molecule has 31 heavy (non-hydrogen) atoms. The highest BCUT2D eigenvalue weighted by Crippen LogP contribution is 2.30. The molecule has 1 N–H and O–H groups in total. The molecule has 0 saturated carbocycles. The molecule has 9 heteroatoms. The molecule has 0 aliphatic heterocycles. The van der Waals surface area contributed by atoms with Crippen molar-refractivity contribution in [1.82, 2.24) is 15.1 Å². The molecular formula is C22H20F3N3O3. The Balaban J connectivity index is 1.71. The predicted molar refractivity (Wildman–Crippen MR) is 107 cm³/mol. The summed E-state index contributed by atoms with van der Waals surface area (Å²) in [7, 11) is 0. The van der Waals surface area contributed by atoms with Crippen molar-refractivity contribution in [3.8, 4) is 11.4 Å². The van der Waals surface area contributed by atoms with E-state index in [1.54, 1.807) is 12.1 Å². The van der Waals surface area contributed by atoms with Crippen LogP contribution in [-0.2, 0) is 11.0 Å².